The molecule has 0 saturated heterocycles. The van der Waals surface area contributed by atoms with E-state index in [0.29, 0.717) is 31.6 Å². The van der Waals surface area contributed by atoms with Gasteiger partial charge in [-0.05, 0) is 58.0 Å². The number of halogens is 1. The minimum absolute atomic E-state index is 0.196. The quantitative estimate of drug-likeness (QED) is 0.0692. The zero-order chi connectivity index (χ0) is 34.6. The molecule has 8 nitrogen and oxygen atoms in total. The molecule has 0 saturated carbocycles. The van der Waals surface area contributed by atoms with Crippen LogP contribution in [-0.2, 0) is 14.3 Å². The second-order valence-corrected chi connectivity index (χ2v) is 11.0. The minimum atomic E-state index is -0.363. The van der Waals surface area contributed by atoms with Gasteiger partial charge in [-0.15, -0.1) is 6.58 Å². The normalized spacial score (nSPS) is 12.5. The average Bonchev–Trinajstić information content (AvgIpc) is 3.01. The van der Waals surface area contributed by atoms with E-state index in [4.69, 9.17) is 16.3 Å². The van der Waals surface area contributed by atoms with Crippen LogP contribution in [0.2, 0.25) is 0 Å². The molecule has 0 fully saturated rings. The lowest BCUT2D eigenvalue weighted by Gasteiger charge is -2.26. The van der Waals surface area contributed by atoms with Gasteiger partial charge in [0.05, 0.1) is 5.70 Å². The summed E-state index contributed by atoms with van der Waals surface area (Å²) in [5, 5.41) is 12.9. The Hall–Kier alpha value is -2.91. The summed E-state index contributed by atoms with van der Waals surface area (Å²) >= 11 is 6.09. The Kier molecular flexibility index (Phi) is 29.8. The number of carbonyl (C=O) groups excluding carboxylic acids is 2. The summed E-state index contributed by atoms with van der Waals surface area (Å²) in [5.41, 5.74) is 2.80. The van der Waals surface area contributed by atoms with Gasteiger partial charge < -0.3 is 30.9 Å². The molecule has 0 heterocycles. The van der Waals surface area contributed by atoms with Crippen LogP contribution in [0, 0.1) is 5.41 Å². The number of methoxy groups -OCH3 is 1. The van der Waals surface area contributed by atoms with Crippen molar-refractivity contribution < 1.29 is 14.3 Å². The van der Waals surface area contributed by atoms with Gasteiger partial charge in [-0.3, -0.25) is 9.59 Å². The van der Waals surface area contributed by atoms with Gasteiger partial charge in [-0.1, -0.05) is 82.1 Å². The van der Waals surface area contributed by atoms with Crippen molar-refractivity contribution in [3.8, 4) is 0 Å². The molecule has 1 unspecified atom stereocenters. The van der Waals surface area contributed by atoms with E-state index < -0.39 is 0 Å². The zero-order valence-electron chi connectivity index (χ0n) is 29.6. The largest absolute Gasteiger partial charge is 0.388 e. The van der Waals surface area contributed by atoms with Crippen LogP contribution >= 0.6 is 11.6 Å². The van der Waals surface area contributed by atoms with Crippen molar-refractivity contribution in [1.82, 2.24) is 20.9 Å². The number of anilines is 1. The van der Waals surface area contributed by atoms with Crippen molar-refractivity contribution >= 4 is 29.5 Å². The van der Waals surface area contributed by atoms with Gasteiger partial charge in [0.15, 0.2) is 6.29 Å². The molecule has 252 valence electrons. The third-order valence-electron chi connectivity index (χ3n) is 5.82. The number of amides is 1. The van der Waals surface area contributed by atoms with Crippen molar-refractivity contribution in [3.63, 3.8) is 0 Å². The molecule has 1 rings (SSSR count). The van der Waals surface area contributed by atoms with E-state index >= 15 is 0 Å². The maximum Gasteiger partial charge on any atom is 0.225 e. The molecule has 44 heavy (non-hydrogen) atoms. The Bertz CT molecular complexity index is 989. The van der Waals surface area contributed by atoms with Gasteiger partial charge in [-0.2, -0.15) is 0 Å². The number of likely N-dealkylation sites (N-methyl/N-ethyl adjacent to an activating group) is 2. The lowest BCUT2D eigenvalue weighted by Crippen LogP contribution is -2.39. The average molecular weight is 636 g/mol. The standard InChI is InChI=1S/C23H41ClN4O3.C7H9N.C3H6.C2H6/c1-9-17(11-18(24)10-2)13-26-16-23(3,4)12-21(30)27-19(15-29)22(25-5)20(31-8)14-28(6)7;1-8-7-5-3-2-4-6-7;1-3-2;1-2/h10-11,15,20,25-26H,9,12-14,16H2,1-8H3,(H,27,30);2-6,8H,1H3;3H,1H2,2H3;1-2H3/b17-11+,18-10+,22-19+;;;. The van der Waals surface area contributed by atoms with Crippen LogP contribution in [0.4, 0.5) is 5.69 Å². The number of allylic oxidation sites excluding steroid dienone is 5. The summed E-state index contributed by atoms with van der Waals surface area (Å²) in [6.07, 6.45) is 7.02. The lowest BCUT2D eigenvalue weighted by atomic mass is 9.88. The highest BCUT2D eigenvalue weighted by atomic mass is 35.5. The smallest absolute Gasteiger partial charge is 0.225 e. The van der Waals surface area contributed by atoms with Gasteiger partial charge in [0.1, 0.15) is 11.8 Å². The summed E-state index contributed by atoms with van der Waals surface area (Å²) in [4.78, 5) is 26.3. The SMILES string of the molecule is C/C=C(Cl)\C=C(/CC)CNCC(C)(C)CC(=O)N/C(C=O)=C(/NC)C(CN(C)C)OC.C=CC.CC.CNc1ccccc1. The van der Waals surface area contributed by atoms with Crippen molar-refractivity contribution in [2.75, 3.05) is 60.3 Å². The fraction of sp³-hybridized carbons (Fsp3) is 0.543. The van der Waals surface area contributed by atoms with Crippen LogP contribution in [0.3, 0.4) is 0 Å². The topological polar surface area (TPSA) is 94.7 Å². The van der Waals surface area contributed by atoms with Crippen LogP contribution in [-0.4, -0.2) is 78.1 Å². The summed E-state index contributed by atoms with van der Waals surface area (Å²) in [6, 6.07) is 10.1. The Morgan fingerprint density at radius 2 is 1.70 bits per heavy atom. The van der Waals surface area contributed by atoms with Gasteiger partial charge in [0.25, 0.3) is 0 Å². The molecule has 1 atom stereocenters. The Morgan fingerprint density at radius 1 is 1.14 bits per heavy atom. The third kappa shape index (κ3) is 23.5. The number of benzene rings is 1. The molecule has 0 spiro atoms. The van der Waals surface area contributed by atoms with Gasteiger partial charge >= 0.3 is 0 Å². The highest BCUT2D eigenvalue weighted by Crippen LogP contribution is 2.20. The highest BCUT2D eigenvalue weighted by molar-refractivity contribution is 6.31. The molecule has 1 amide bonds. The molecule has 1 aromatic rings. The number of para-hydroxylation sites is 1. The molecule has 0 radical (unpaired) electrons. The summed E-state index contributed by atoms with van der Waals surface area (Å²) in [6.45, 7) is 19.2. The first-order valence-electron chi connectivity index (χ1n) is 15.2. The van der Waals surface area contributed by atoms with Gasteiger partial charge in [-0.25, -0.2) is 0 Å². The van der Waals surface area contributed by atoms with Crippen LogP contribution < -0.4 is 21.3 Å². The molecular weight excluding hydrogens is 574 g/mol. The first-order chi connectivity index (χ1) is 20.9. The van der Waals surface area contributed by atoms with Gasteiger partial charge in [0, 0.05) is 58.0 Å². The molecular formula is C35H62ClN5O3. The number of ether oxygens (including phenoxy) is 1. The Morgan fingerprint density at radius 3 is 2.09 bits per heavy atom. The second-order valence-electron chi connectivity index (χ2n) is 10.5. The van der Waals surface area contributed by atoms with Crippen molar-refractivity contribution in [1.29, 1.82) is 0 Å². The summed E-state index contributed by atoms with van der Waals surface area (Å²) in [7, 11) is 9.03. The number of hydrogen-bond acceptors (Lipinski definition) is 7. The number of aldehydes is 1. The predicted octanol–water partition coefficient (Wildman–Crippen LogP) is 6.74. The molecule has 0 aromatic heterocycles. The maximum atomic E-state index is 12.7. The van der Waals surface area contributed by atoms with E-state index in [2.05, 4.69) is 34.8 Å². The molecule has 9 heteroatoms. The van der Waals surface area contributed by atoms with E-state index in [1.165, 1.54) is 5.57 Å². The predicted molar refractivity (Wildman–Crippen MR) is 192 cm³/mol. The van der Waals surface area contributed by atoms with E-state index in [9.17, 15) is 9.59 Å². The molecule has 0 aliphatic carbocycles. The van der Waals surface area contributed by atoms with Crippen LogP contribution in [0.25, 0.3) is 0 Å². The van der Waals surface area contributed by atoms with E-state index in [1.807, 2.05) is 110 Å². The fourth-order valence-corrected chi connectivity index (χ4v) is 3.81. The molecule has 4 N–H and O–H groups in total. The lowest BCUT2D eigenvalue weighted by molar-refractivity contribution is -0.123. The molecule has 1 aromatic carbocycles. The third-order valence-corrected chi connectivity index (χ3v) is 6.15. The first kappa shape index (κ1) is 45.5. The van der Waals surface area contributed by atoms with Crippen LogP contribution in [0.5, 0.6) is 0 Å². The molecule has 0 aliphatic heterocycles. The number of nitrogens with one attached hydrogen (secondary N) is 4. The van der Waals surface area contributed by atoms with Crippen molar-refractivity contribution in [2.45, 2.75) is 67.4 Å². The number of carbonyl (C=O) groups is 2. The zero-order valence-corrected chi connectivity index (χ0v) is 30.3. The molecule has 0 aliphatic rings. The second kappa shape index (κ2) is 28.8. The molecule has 0 bridgehead atoms. The van der Waals surface area contributed by atoms with E-state index in [-0.39, 0.29) is 29.5 Å². The first-order valence-corrected chi connectivity index (χ1v) is 15.6. The van der Waals surface area contributed by atoms with Crippen LogP contribution in [0.15, 0.2) is 77.1 Å². The van der Waals surface area contributed by atoms with Gasteiger partial charge in [0.2, 0.25) is 5.91 Å². The van der Waals surface area contributed by atoms with Crippen molar-refractivity contribution in [3.05, 3.63) is 77.1 Å². The maximum absolute atomic E-state index is 12.7. The highest BCUT2D eigenvalue weighted by Gasteiger charge is 2.24. The van der Waals surface area contributed by atoms with E-state index in [1.54, 1.807) is 20.2 Å². The summed E-state index contributed by atoms with van der Waals surface area (Å²) in [5.74, 6) is -0.218. The fourth-order valence-electron chi connectivity index (χ4n) is 3.66. The number of rotatable bonds is 16. The number of nitrogens with zero attached hydrogens (tertiary/aromatic N) is 1. The summed E-state index contributed by atoms with van der Waals surface area (Å²) < 4.78 is 5.50. The van der Waals surface area contributed by atoms with Crippen LogP contribution in [0.1, 0.15) is 61.3 Å². The van der Waals surface area contributed by atoms with Crippen molar-refractivity contribution in [2.24, 2.45) is 5.41 Å². The van der Waals surface area contributed by atoms with E-state index in [0.717, 1.165) is 17.1 Å². The minimum Gasteiger partial charge on any atom is -0.388 e. The number of hydrogen-bond donors (Lipinski definition) is 4. The Balaban J connectivity index is -0.00000107. The Labute approximate surface area is 274 Å². The monoisotopic (exact) mass is 635 g/mol.